The number of ether oxygens (including phenoxy) is 1. The maximum Gasteiger partial charge on any atom is 0.322 e. The molecule has 2 fully saturated rings. The molecule has 0 aromatic heterocycles. The van der Waals surface area contributed by atoms with Crippen molar-refractivity contribution in [2.24, 2.45) is 23.7 Å². The minimum atomic E-state index is -0.0970. The number of esters is 1. The lowest BCUT2D eigenvalue weighted by atomic mass is 9.86. The molecule has 3 rings (SSSR count). The minimum absolute atomic E-state index is 0.0741. The molecule has 3 heteroatoms. The van der Waals surface area contributed by atoms with Gasteiger partial charge in [0.2, 0.25) is 0 Å². The summed E-state index contributed by atoms with van der Waals surface area (Å²) in [5.74, 6) is 3.05. The molecule has 5 unspecified atom stereocenters. The first kappa shape index (κ1) is 10.3. The topological polar surface area (TPSA) is 29.5 Å². The van der Waals surface area contributed by atoms with Crippen molar-refractivity contribution in [1.29, 1.82) is 0 Å². The largest absolute Gasteiger partial charge is 0.468 e. The van der Waals surface area contributed by atoms with Crippen LogP contribution in [0.25, 0.3) is 0 Å². The molecule has 2 bridgehead atoms. The normalized spacial score (nSPS) is 42.4. The Kier molecular flexibility index (Phi) is 2.32. The van der Waals surface area contributed by atoms with Crippen LogP contribution < -0.4 is 0 Å². The first-order chi connectivity index (χ1) is 7.70. The lowest BCUT2D eigenvalue weighted by molar-refractivity contribution is -0.146. The van der Waals surface area contributed by atoms with E-state index >= 15 is 0 Å². The third-order valence-corrected chi connectivity index (χ3v) is 4.78. The van der Waals surface area contributed by atoms with E-state index < -0.39 is 0 Å². The summed E-state index contributed by atoms with van der Waals surface area (Å²) < 4.78 is 4.82. The predicted octanol–water partition coefficient (Wildman–Crippen LogP) is 1.30. The van der Waals surface area contributed by atoms with Crippen LogP contribution in [0.2, 0.25) is 0 Å². The van der Waals surface area contributed by atoms with E-state index in [1.807, 2.05) is 6.92 Å². The SMILES string of the molecule is COC(=O)C(C)N1CC2C3C=CC(C3)C2C1. The molecule has 0 radical (unpaired) electrons. The molecule has 1 aliphatic heterocycles. The van der Waals surface area contributed by atoms with Gasteiger partial charge in [0.25, 0.3) is 0 Å². The molecule has 0 amide bonds. The van der Waals surface area contributed by atoms with E-state index in [1.54, 1.807) is 0 Å². The number of likely N-dealkylation sites (tertiary alicyclic amines) is 1. The number of rotatable bonds is 2. The average Bonchev–Trinajstić information content (AvgIpc) is 2.97. The van der Waals surface area contributed by atoms with Gasteiger partial charge in [-0.3, -0.25) is 9.69 Å². The van der Waals surface area contributed by atoms with Gasteiger partial charge in [0, 0.05) is 13.1 Å². The molecular weight excluding hydrogens is 202 g/mol. The standard InChI is InChI=1S/C13H19NO2/c1-8(13(15)16-2)14-6-11-9-3-4-10(5-9)12(11)7-14/h3-4,8-12H,5-7H2,1-2H3. The maximum absolute atomic E-state index is 11.5. The molecule has 88 valence electrons. The summed E-state index contributed by atoms with van der Waals surface area (Å²) in [4.78, 5) is 13.8. The molecule has 0 N–H and O–H groups in total. The van der Waals surface area contributed by atoms with Gasteiger partial charge < -0.3 is 4.74 Å². The van der Waals surface area contributed by atoms with Crippen LogP contribution in [0.3, 0.4) is 0 Å². The summed E-state index contributed by atoms with van der Waals surface area (Å²) in [5, 5.41) is 0. The monoisotopic (exact) mass is 221 g/mol. The Hall–Kier alpha value is -0.830. The van der Waals surface area contributed by atoms with E-state index in [2.05, 4.69) is 17.1 Å². The molecule has 1 saturated carbocycles. The lowest BCUT2D eigenvalue weighted by Crippen LogP contribution is -2.39. The number of nitrogens with zero attached hydrogens (tertiary/aromatic N) is 1. The second kappa shape index (κ2) is 3.59. The van der Waals surface area contributed by atoms with Crippen molar-refractivity contribution in [2.75, 3.05) is 20.2 Å². The van der Waals surface area contributed by atoms with Gasteiger partial charge in [0.1, 0.15) is 6.04 Å². The highest BCUT2D eigenvalue weighted by molar-refractivity contribution is 5.75. The van der Waals surface area contributed by atoms with Gasteiger partial charge >= 0.3 is 5.97 Å². The molecule has 2 aliphatic carbocycles. The Morgan fingerprint density at radius 2 is 1.88 bits per heavy atom. The summed E-state index contributed by atoms with van der Waals surface area (Å²) in [5.41, 5.74) is 0. The average molecular weight is 221 g/mol. The summed E-state index contributed by atoms with van der Waals surface area (Å²) in [6, 6.07) is -0.0741. The molecule has 3 aliphatic rings. The first-order valence-corrected chi connectivity index (χ1v) is 6.21. The molecule has 1 heterocycles. The smallest absolute Gasteiger partial charge is 0.322 e. The van der Waals surface area contributed by atoms with Crippen molar-refractivity contribution in [3.63, 3.8) is 0 Å². The van der Waals surface area contributed by atoms with Crippen LogP contribution >= 0.6 is 0 Å². The van der Waals surface area contributed by atoms with Crippen LogP contribution in [0.1, 0.15) is 13.3 Å². The van der Waals surface area contributed by atoms with Crippen LogP contribution in [-0.4, -0.2) is 37.1 Å². The number of allylic oxidation sites excluding steroid dienone is 2. The highest BCUT2D eigenvalue weighted by Gasteiger charge is 2.50. The van der Waals surface area contributed by atoms with Gasteiger partial charge in [-0.25, -0.2) is 0 Å². The van der Waals surface area contributed by atoms with Gasteiger partial charge in [-0.1, -0.05) is 12.2 Å². The van der Waals surface area contributed by atoms with Gasteiger partial charge in [0.05, 0.1) is 7.11 Å². The van der Waals surface area contributed by atoms with Crippen molar-refractivity contribution in [3.05, 3.63) is 12.2 Å². The fourth-order valence-corrected chi connectivity index (χ4v) is 3.82. The Labute approximate surface area is 96.4 Å². The number of methoxy groups -OCH3 is 1. The van der Waals surface area contributed by atoms with Gasteiger partial charge in [-0.2, -0.15) is 0 Å². The van der Waals surface area contributed by atoms with E-state index in [1.165, 1.54) is 13.5 Å². The predicted molar refractivity (Wildman–Crippen MR) is 60.8 cm³/mol. The summed E-state index contributed by atoms with van der Waals surface area (Å²) in [6.07, 6.45) is 6.13. The zero-order chi connectivity index (χ0) is 11.3. The van der Waals surface area contributed by atoms with Crippen molar-refractivity contribution >= 4 is 5.97 Å². The number of carbonyl (C=O) groups excluding carboxylic acids is 1. The molecule has 0 aromatic rings. The highest BCUT2D eigenvalue weighted by atomic mass is 16.5. The Balaban J connectivity index is 1.69. The third-order valence-electron chi connectivity index (χ3n) is 4.78. The van der Waals surface area contributed by atoms with E-state index in [0.29, 0.717) is 0 Å². The van der Waals surface area contributed by atoms with Crippen LogP contribution in [0.5, 0.6) is 0 Å². The van der Waals surface area contributed by atoms with Crippen molar-refractivity contribution in [1.82, 2.24) is 4.90 Å². The minimum Gasteiger partial charge on any atom is -0.468 e. The van der Waals surface area contributed by atoms with Gasteiger partial charge in [-0.05, 0) is 37.0 Å². The highest BCUT2D eigenvalue weighted by Crippen LogP contribution is 2.51. The van der Waals surface area contributed by atoms with Crippen molar-refractivity contribution in [3.8, 4) is 0 Å². The zero-order valence-corrected chi connectivity index (χ0v) is 9.93. The number of hydrogen-bond donors (Lipinski definition) is 0. The summed E-state index contributed by atoms with van der Waals surface area (Å²) >= 11 is 0. The van der Waals surface area contributed by atoms with Gasteiger partial charge in [-0.15, -0.1) is 0 Å². The molecule has 0 aromatic carbocycles. The van der Waals surface area contributed by atoms with E-state index in [0.717, 1.165) is 36.8 Å². The molecule has 16 heavy (non-hydrogen) atoms. The lowest BCUT2D eigenvalue weighted by Gasteiger charge is -2.23. The number of fused-ring (bicyclic) bond motifs is 5. The third kappa shape index (κ3) is 1.34. The fourth-order valence-electron chi connectivity index (χ4n) is 3.82. The molecule has 5 atom stereocenters. The van der Waals surface area contributed by atoms with Crippen LogP contribution in [0, 0.1) is 23.7 Å². The van der Waals surface area contributed by atoms with Gasteiger partial charge in [0.15, 0.2) is 0 Å². The quantitative estimate of drug-likeness (QED) is 0.520. The molecule has 3 nitrogen and oxygen atoms in total. The zero-order valence-electron chi connectivity index (χ0n) is 9.93. The molecule has 0 spiro atoms. The summed E-state index contributed by atoms with van der Waals surface area (Å²) in [7, 11) is 1.47. The maximum atomic E-state index is 11.5. The number of carbonyl (C=O) groups is 1. The van der Waals surface area contributed by atoms with Crippen LogP contribution in [0.15, 0.2) is 12.2 Å². The van der Waals surface area contributed by atoms with Crippen LogP contribution in [0.4, 0.5) is 0 Å². The van der Waals surface area contributed by atoms with E-state index in [-0.39, 0.29) is 12.0 Å². The van der Waals surface area contributed by atoms with E-state index in [4.69, 9.17) is 4.74 Å². The van der Waals surface area contributed by atoms with Crippen molar-refractivity contribution < 1.29 is 9.53 Å². The van der Waals surface area contributed by atoms with E-state index in [9.17, 15) is 4.79 Å². The molecule has 1 saturated heterocycles. The summed E-state index contributed by atoms with van der Waals surface area (Å²) in [6.45, 7) is 4.11. The Morgan fingerprint density at radius 1 is 1.31 bits per heavy atom. The fraction of sp³-hybridized carbons (Fsp3) is 0.769. The Morgan fingerprint density at radius 3 is 2.38 bits per heavy atom. The number of hydrogen-bond acceptors (Lipinski definition) is 3. The second-order valence-corrected chi connectivity index (χ2v) is 5.43. The first-order valence-electron chi connectivity index (χ1n) is 6.21. The molecular formula is C13H19NO2. The van der Waals surface area contributed by atoms with Crippen molar-refractivity contribution in [2.45, 2.75) is 19.4 Å². The Bertz CT molecular complexity index is 319. The second-order valence-electron chi connectivity index (χ2n) is 5.43. The van der Waals surface area contributed by atoms with Crippen LogP contribution in [-0.2, 0) is 9.53 Å².